The molecule has 1 aromatic carbocycles. The molecular weight excluding hydrogens is 254 g/mol. The lowest BCUT2D eigenvalue weighted by Gasteiger charge is -2.26. The van der Waals surface area contributed by atoms with E-state index in [0.29, 0.717) is 36.2 Å². The Kier molecular flexibility index (Phi) is 3.97. The van der Waals surface area contributed by atoms with E-state index < -0.39 is 0 Å². The first kappa shape index (κ1) is 13.0. The van der Waals surface area contributed by atoms with Crippen molar-refractivity contribution in [2.45, 2.75) is 13.0 Å². The fourth-order valence-electron chi connectivity index (χ4n) is 1.74. The zero-order valence-corrected chi connectivity index (χ0v) is 11.2. The summed E-state index contributed by atoms with van der Waals surface area (Å²) in [6, 6.07) is 5.31. The number of ether oxygens (including phenoxy) is 2. The van der Waals surface area contributed by atoms with Crippen LogP contribution in [-0.4, -0.2) is 43.0 Å². The molecule has 1 atom stereocenters. The molecule has 18 heavy (non-hydrogen) atoms. The standard InChI is InChI=1S/C13H16ClNO3/c1-9(8-14)15(2)13(16)10-4-3-5-11-12(10)18-7-6-17-11/h3-5,9H,6-8H2,1-2H3. The van der Waals surface area contributed by atoms with Gasteiger partial charge in [-0.3, -0.25) is 4.79 Å². The first-order valence-electron chi connectivity index (χ1n) is 5.87. The van der Waals surface area contributed by atoms with Gasteiger partial charge in [0.15, 0.2) is 11.5 Å². The van der Waals surface area contributed by atoms with Gasteiger partial charge in [-0.2, -0.15) is 0 Å². The number of para-hydroxylation sites is 1. The Morgan fingerprint density at radius 2 is 2.17 bits per heavy atom. The summed E-state index contributed by atoms with van der Waals surface area (Å²) in [7, 11) is 1.73. The molecule has 0 saturated heterocycles. The maximum Gasteiger partial charge on any atom is 0.257 e. The number of carbonyl (C=O) groups is 1. The zero-order valence-electron chi connectivity index (χ0n) is 10.5. The molecule has 0 aromatic heterocycles. The molecule has 1 amide bonds. The van der Waals surface area contributed by atoms with Gasteiger partial charge < -0.3 is 14.4 Å². The van der Waals surface area contributed by atoms with Gasteiger partial charge in [0, 0.05) is 19.0 Å². The summed E-state index contributed by atoms with van der Waals surface area (Å²) in [5.41, 5.74) is 0.520. The Morgan fingerprint density at radius 3 is 2.89 bits per heavy atom. The zero-order chi connectivity index (χ0) is 13.1. The topological polar surface area (TPSA) is 38.8 Å². The van der Waals surface area contributed by atoms with E-state index in [1.54, 1.807) is 30.1 Å². The average molecular weight is 270 g/mol. The predicted molar refractivity (Wildman–Crippen MR) is 69.7 cm³/mol. The molecule has 98 valence electrons. The van der Waals surface area contributed by atoms with E-state index in [4.69, 9.17) is 21.1 Å². The lowest BCUT2D eigenvalue weighted by Crippen LogP contribution is -2.36. The smallest absolute Gasteiger partial charge is 0.257 e. The van der Waals surface area contributed by atoms with Crippen molar-refractivity contribution in [2.24, 2.45) is 0 Å². The van der Waals surface area contributed by atoms with Crippen molar-refractivity contribution in [2.75, 3.05) is 26.1 Å². The average Bonchev–Trinajstić information content (AvgIpc) is 2.44. The van der Waals surface area contributed by atoms with Crippen LogP contribution in [0.3, 0.4) is 0 Å². The van der Waals surface area contributed by atoms with Crippen LogP contribution >= 0.6 is 11.6 Å². The Labute approximate surface area is 111 Å². The molecule has 4 nitrogen and oxygen atoms in total. The molecule has 5 heteroatoms. The molecule has 2 rings (SSSR count). The molecule has 0 saturated carbocycles. The third-order valence-corrected chi connectivity index (χ3v) is 3.45. The Balaban J connectivity index is 2.30. The van der Waals surface area contributed by atoms with Gasteiger partial charge in [-0.1, -0.05) is 6.07 Å². The number of amides is 1. The molecule has 1 heterocycles. The summed E-state index contributed by atoms with van der Waals surface area (Å²) in [6.07, 6.45) is 0. The van der Waals surface area contributed by atoms with Gasteiger partial charge in [-0.25, -0.2) is 0 Å². The first-order chi connectivity index (χ1) is 8.65. The minimum Gasteiger partial charge on any atom is -0.486 e. The second kappa shape index (κ2) is 5.48. The van der Waals surface area contributed by atoms with Crippen LogP contribution in [0.2, 0.25) is 0 Å². The van der Waals surface area contributed by atoms with Gasteiger partial charge in [0.05, 0.1) is 5.56 Å². The number of carbonyl (C=O) groups excluding carboxylic acids is 1. The summed E-state index contributed by atoms with van der Waals surface area (Å²) in [5, 5.41) is 0. The van der Waals surface area contributed by atoms with E-state index in [0.717, 1.165) is 0 Å². The molecule has 0 N–H and O–H groups in total. The third-order valence-electron chi connectivity index (χ3n) is 3.00. The van der Waals surface area contributed by atoms with E-state index >= 15 is 0 Å². The van der Waals surface area contributed by atoms with Crippen LogP contribution in [0.1, 0.15) is 17.3 Å². The number of benzene rings is 1. The SMILES string of the molecule is CC(CCl)N(C)C(=O)c1cccc2c1OCCO2. The van der Waals surface area contributed by atoms with Crippen molar-refractivity contribution in [3.05, 3.63) is 23.8 Å². The number of halogens is 1. The van der Waals surface area contributed by atoms with Crippen molar-refractivity contribution in [3.8, 4) is 11.5 Å². The van der Waals surface area contributed by atoms with E-state index in [1.807, 2.05) is 6.92 Å². The van der Waals surface area contributed by atoms with E-state index in [2.05, 4.69) is 0 Å². The van der Waals surface area contributed by atoms with Gasteiger partial charge >= 0.3 is 0 Å². The monoisotopic (exact) mass is 269 g/mol. The molecule has 1 unspecified atom stereocenters. The van der Waals surface area contributed by atoms with Crippen LogP contribution in [0, 0.1) is 0 Å². The van der Waals surface area contributed by atoms with Crippen LogP contribution in [0.25, 0.3) is 0 Å². The molecular formula is C13H16ClNO3. The minimum absolute atomic E-state index is 0.0282. The maximum atomic E-state index is 12.3. The largest absolute Gasteiger partial charge is 0.486 e. The van der Waals surface area contributed by atoms with Gasteiger partial charge in [0.1, 0.15) is 13.2 Å². The molecule has 0 radical (unpaired) electrons. The van der Waals surface area contributed by atoms with Crippen LogP contribution in [0.15, 0.2) is 18.2 Å². The van der Waals surface area contributed by atoms with Crippen molar-refractivity contribution in [1.82, 2.24) is 4.90 Å². The fraction of sp³-hybridized carbons (Fsp3) is 0.462. The molecule has 0 bridgehead atoms. The van der Waals surface area contributed by atoms with E-state index in [-0.39, 0.29) is 11.9 Å². The summed E-state index contributed by atoms with van der Waals surface area (Å²) >= 11 is 5.77. The number of rotatable bonds is 3. The fourth-order valence-corrected chi connectivity index (χ4v) is 1.94. The highest BCUT2D eigenvalue weighted by Crippen LogP contribution is 2.34. The molecule has 0 fully saturated rings. The van der Waals surface area contributed by atoms with E-state index in [9.17, 15) is 4.79 Å². The second-order valence-corrected chi connectivity index (χ2v) is 4.56. The highest BCUT2D eigenvalue weighted by molar-refractivity contribution is 6.18. The summed E-state index contributed by atoms with van der Waals surface area (Å²) in [6.45, 7) is 2.88. The van der Waals surface area contributed by atoms with Gasteiger partial charge in [-0.15, -0.1) is 11.6 Å². The van der Waals surface area contributed by atoms with Gasteiger partial charge in [0.25, 0.3) is 5.91 Å². The van der Waals surface area contributed by atoms with Crippen molar-refractivity contribution < 1.29 is 14.3 Å². The predicted octanol–water partition coefficient (Wildman–Crippen LogP) is 2.16. The normalized spacial score (nSPS) is 15.1. The van der Waals surface area contributed by atoms with Crippen LogP contribution in [0.5, 0.6) is 11.5 Å². The quantitative estimate of drug-likeness (QED) is 0.790. The second-order valence-electron chi connectivity index (χ2n) is 4.25. The molecule has 0 spiro atoms. The Bertz CT molecular complexity index is 450. The number of hydrogen-bond donors (Lipinski definition) is 0. The van der Waals surface area contributed by atoms with Crippen molar-refractivity contribution >= 4 is 17.5 Å². The number of alkyl halides is 1. The van der Waals surface area contributed by atoms with Crippen LogP contribution in [0.4, 0.5) is 0 Å². The first-order valence-corrected chi connectivity index (χ1v) is 6.40. The lowest BCUT2D eigenvalue weighted by molar-refractivity contribution is 0.0746. The molecule has 1 aliphatic heterocycles. The number of hydrogen-bond acceptors (Lipinski definition) is 3. The van der Waals surface area contributed by atoms with Crippen molar-refractivity contribution in [1.29, 1.82) is 0 Å². The van der Waals surface area contributed by atoms with Crippen LogP contribution in [-0.2, 0) is 0 Å². The third kappa shape index (κ3) is 2.38. The molecule has 1 aromatic rings. The summed E-state index contributed by atoms with van der Waals surface area (Å²) < 4.78 is 11.0. The van der Waals surface area contributed by atoms with Crippen LogP contribution < -0.4 is 9.47 Å². The Hall–Kier alpha value is -1.42. The molecule has 0 aliphatic carbocycles. The maximum absolute atomic E-state index is 12.3. The Morgan fingerprint density at radius 1 is 1.44 bits per heavy atom. The minimum atomic E-state index is -0.106. The van der Waals surface area contributed by atoms with E-state index in [1.165, 1.54) is 0 Å². The number of fused-ring (bicyclic) bond motifs is 1. The molecule has 1 aliphatic rings. The lowest BCUT2D eigenvalue weighted by atomic mass is 10.1. The van der Waals surface area contributed by atoms with Gasteiger partial charge in [-0.05, 0) is 19.1 Å². The van der Waals surface area contributed by atoms with Crippen molar-refractivity contribution in [3.63, 3.8) is 0 Å². The summed E-state index contributed by atoms with van der Waals surface area (Å²) in [5.74, 6) is 1.45. The number of nitrogens with zero attached hydrogens (tertiary/aromatic N) is 1. The highest BCUT2D eigenvalue weighted by Gasteiger charge is 2.24. The highest BCUT2D eigenvalue weighted by atomic mass is 35.5. The summed E-state index contributed by atoms with van der Waals surface area (Å²) in [4.78, 5) is 14.0. The van der Waals surface area contributed by atoms with Gasteiger partial charge in [0.2, 0.25) is 0 Å².